The summed E-state index contributed by atoms with van der Waals surface area (Å²) >= 11 is 0. The van der Waals surface area contributed by atoms with Crippen LogP contribution < -0.4 is 0 Å². The van der Waals surface area contributed by atoms with E-state index in [0.29, 0.717) is 10.8 Å². The number of carbonyl (C=O) groups excluding carboxylic acids is 1. The molecule has 128 valence electrons. The van der Waals surface area contributed by atoms with Gasteiger partial charge in [0, 0.05) is 13.1 Å². The monoisotopic (exact) mass is 309 g/mol. The maximum atomic E-state index is 12.3. The van der Waals surface area contributed by atoms with Crippen molar-refractivity contribution in [3.63, 3.8) is 0 Å². The lowest BCUT2D eigenvalue weighted by Crippen LogP contribution is -2.38. The molecule has 0 aromatic carbocycles. The van der Waals surface area contributed by atoms with Crippen molar-refractivity contribution in [3.8, 4) is 0 Å². The van der Waals surface area contributed by atoms with Crippen molar-refractivity contribution in [1.82, 2.24) is 4.90 Å². The van der Waals surface area contributed by atoms with Gasteiger partial charge in [-0.25, -0.2) is 0 Å². The van der Waals surface area contributed by atoms with Gasteiger partial charge in [-0.3, -0.25) is 4.79 Å². The number of rotatable bonds is 2. The van der Waals surface area contributed by atoms with Gasteiger partial charge in [0.2, 0.25) is 5.91 Å². The van der Waals surface area contributed by atoms with Gasteiger partial charge in [-0.15, -0.1) is 0 Å². The number of carbonyl (C=O) groups is 1. The summed E-state index contributed by atoms with van der Waals surface area (Å²) in [5.74, 6) is 1.01. The van der Waals surface area contributed by atoms with E-state index < -0.39 is 0 Å². The first-order valence-electron chi connectivity index (χ1n) is 8.93. The lowest BCUT2D eigenvalue weighted by Gasteiger charge is -2.42. The molecule has 0 bridgehead atoms. The lowest BCUT2D eigenvalue weighted by atomic mass is 9.64. The van der Waals surface area contributed by atoms with Crippen molar-refractivity contribution >= 4 is 5.91 Å². The molecule has 1 aliphatic heterocycles. The Labute approximate surface area is 136 Å². The number of hydrogen-bond donors (Lipinski definition) is 0. The molecule has 22 heavy (non-hydrogen) atoms. The predicted molar refractivity (Wildman–Crippen MR) is 90.7 cm³/mol. The van der Waals surface area contributed by atoms with Crippen LogP contribution in [0.1, 0.15) is 73.6 Å². The fraction of sp³-hybridized carbons (Fsp3) is 0.947. The summed E-state index contributed by atoms with van der Waals surface area (Å²) in [6.07, 6.45) is 6.41. The highest BCUT2D eigenvalue weighted by Crippen LogP contribution is 2.49. The minimum atomic E-state index is -0.238. The second-order valence-electron chi connectivity index (χ2n) is 9.61. The number of nitrogens with zero attached hydrogens (tertiary/aromatic N) is 1. The SMILES string of the molecule is CC(C)(C)OCC(=O)N1CCC2(CCC(C(C)(C)C)CC2)C1. The fourth-order valence-electron chi connectivity index (χ4n) is 4.02. The summed E-state index contributed by atoms with van der Waals surface area (Å²) in [7, 11) is 0. The Morgan fingerprint density at radius 3 is 2.18 bits per heavy atom. The molecule has 0 unspecified atom stereocenters. The van der Waals surface area contributed by atoms with Crippen LogP contribution in [0.2, 0.25) is 0 Å². The average Bonchev–Trinajstić information content (AvgIpc) is 2.78. The van der Waals surface area contributed by atoms with E-state index in [-0.39, 0.29) is 18.1 Å². The highest BCUT2D eigenvalue weighted by molar-refractivity contribution is 5.77. The van der Waals surface area contributed by atoms with Gasteiger partial charge in [-0.1, -0.05) is 20.8 Å². The highest BCUT2D eigenvalue weighted by Gasteiger charge is 2.44. The molecule has 2 rings (SSSR count). The Morgan fingerprint density at radius 2 is 1.68 bits per heavy atom. The molecule has 0 N–H and O–H groups in total. The zero-order valence-corrected chi connectivity index (χ0v) is 15.5. The molecule has 1 amide bonds. The summed E-state index contributed by atoms with van der Waals surface area (Å²) in [6.45, 7) is 15.2. The molecule has 1 saturated heterocycles. The van der Waals surface area contributed by atoms with Gasteiger partial charge in [-0.2, -0.15) is 0 Å². The standard InChI is InChI=1S/C19H35NO2/c1-17(2,3)15-7-9-19(10-8-15)11-12-20(14-19)16(21)13-22-18(4,5)6/h15H,7-14H2,1-6H3. The summed E-state index contributed by atoms with van der Waals surface area (Å²) in [4.78, 5) is 14.4. The van der Waals surface area contributed by atoms with Crippen LogP contribution in [0.4, 0.5) is 0 Å². The smallest absolute Gasteiger partial charge is 0.248 e. The number of ether oxygens (including phenoxy) is 1. The van der Waals surface area contributed by atoms with E-state index in [4.69, 9.17) is 4.74 Å². The molecule has 3 nitrogen and oxygen atoms in total. The molecule has 2 aliphatic rings. The minimum Gasteiger partial charge on any atom is -0.366 e. The quantitative estimate of drug-likeness (QED) is 0.763. The van der Waals surface area contributed by atoms with Crippen molar-refractivity contribution < 1.29 is 9.53 Å². The van der Waals surface area contributed by atoms with Crippen molar-refractivity contribution in [2.24, 2.45) is 16.7 Å². The molecule has 0 atom stereocenters. The molecule has 2 fully saturated rings. The Morgan fingerprint density at radius 1 is 1.09 bits per heavy atom. The highest BCUT2D eigenvalue weighted by atomic mass is 16.5. The van der Waals surface area contributed by atoms with Crippen LogP contribution in [0.25, 0.3) is 0 Å². The summed E-state index contributed by atoms with van der Waals surface area (Å²) < 4.78 is 5.65. The van der Waals surface area contributed by atoms with E-state index in [1.54, 1.807) is 0 Å². The Hall–Kier alpha value is -0.570. The molecule has 1 spiro atoms. The van der Waals surface area contributed by atoms with Crippen LogP contribution in [0.15, 0.2) is 0 Å². The van der Waals surface area contributed by atoms with E-state index in [1.165, 1.54) is 32.1 Å². The zero-order chi connectivity index (χ0) is 16.6. The van der Waals surface area contributed by atoms with E-state index in [9.17, 15) is 4.79 Å². The zero-order valence-electron chi connectivity index (χ0n) is 15.5. The fourth-order valence-corrected chi connectivity index (χ4v) is 4.02. The average molecular weight is 309 g/mol. The number of hydrogen-bond acceptors (Lipinski definition) is 2. The van der Waals surface area contributed by atoms with Crippen molar-refractivity contribution in [1.29, 1.82) is 0 Å². The van der Waals surface area contributed by atoms with Gasteiger partial charge in [0.1, 0.15) is 6.61 Å². The molecule has 1 saturated carbocycles. The first-order valence-corrected chi connectivity index (χ1v) is 8.93. The van der Waals surface area contributed by atoms with Crippen molar-refractivity contribution in [2.45, 2.75) is 79.2 Å². The van der Waals surface area contributed by atoms with Crippen LogP contribution in [0, 0.1) is 16.7 Å². The maximum Gasteiger partial charge on any atom is 0.248 e. The van der Waals surface area contributed by atoms with Gasteiger partial charge >= 0.3 is 0 Å². The second-order valence-corrected chi connectivity index (χ2v) is 9.61. The predicted octanol–water partition coefficient (Wildman–Crippen LogP) is 4.26. The molecule has 0 aromatic rings. The van der Waals surface area contributed by atoms with Crippen LogP contribution in [0.3, 0.4) is 0 Å². The van der Waals surface area contributed by atoms with Gasteiger partial charge in [-0.05, 0) is 69.6 Å². The molecule has 0 aromatic heterocycles. The van der Waals surface area contributed by atoms with Gasteiger partial charge < -0.3 is 9.64 Å². The number of amides is 1. The third-order valence-corrected chi connectivity index (χ3v) is 5.69. The van der Waals surface area contributed by atoms with Crippen LogP contribution >= 0.6 is 0 Å². The van der Waals surface area contributed by atoms with E-state index in [2.05, 4.69) is 20.8 Å². The first-order chi connectivity index (χ1) is 10.0. The molecule has 1 aliphatic carbocycles. The summed E-state index contributed by atoms with van der Waals surface area (Å²) in [5.41, 5.74) is 0.591. The number of likely N-dealkylation sites (tertiary alicyclic amines) is 1. The Balaban J connectivity index is 1.84. The normalized spacial score (nSPS) is 30.1. The third-order valence-electron chi connectivity index (χ3n) is 5.69. The molecule has 1 heterocycles. The van der Waals surface area contributed by atoms with E-state index >= 15 is 0 Å². The third kappa shape index (κ3) is 4.47. The van der Waals surface area contributed by atoms with E-state index in [1.807, 2.05) is 25.7 Å². The summed E-state index contributed by atoms with van der Waals surface area (Å²) in [5, 5.41) is 0. The minimum absolute atomic E-state index is 0.171. The molecule has 0 radical (unpaired) electrons. The van der Waals surface area contributed by atoms with Crippen LogP contribution in [-0.4, -0.2) is 36.1 Å². The molecular formula is C19H35NO2. The topological polar surface area (TPSA) is 29.5 Å². The molecule has 3 heteroatoms. The van der Waals surface area contributed by atoms with Gasteiger partial charge in [0.25, 0.3) is 0 Å². The Bertz CT molecular complexity index is 395. The molecular weight excluding hydrogens is 274 g/mol. The van der Waals surface area contributed by atoms with Crippen molar-refractivity contribution in [3.05, 3.63) is 0 Å². The van der Waals surface area contributed by atoms with Gasteiger partial charge in [0.05, 0.1) is 5.60 Å². The van der Waals surface area contributed by atoms with Crippen LogP contribution in [-0.2, 0) is 9.53 Å². The first kappa shape index (κ1) is 17.8. The lowest BCUT2D eigenvalue weighted by molar-refractivity contribution is -0.140. The van der Waals surface area contributed by atoms with Crippen molar-refractivity contribution in [2.75, 3.05) is 19.7 Å². The largest absolute Gasteiger partial charge is 0.366 e. The maximum absolute atomic E-state index is 12.3. The van der Waals surface area contributed by atoms with Gasteiger partial charge in [0.15, 0.2) is 0 Å². The van der Waals surface area contributed by atoms with Crippen LogP contribution in [0.5, 0.6) is 0 Å². The summed E-state index contributed by atoms with van der Waals surface area (Å²) in [6, 6.07) is 0. The Kier molecular flexibility index (Phi) is 4.97. The second kappa shape index (κ2) is 6.14. The van der Waals surface area contributed by atoms with E-state index in [0.717, 1.165) is 19.0 Å².